The Balaban J connectivity index is 1.44. The van der Waals surface area contributed by atoms with Gasteiger partial charge in [-0.3, -0.25) is 9.59 Å². The molecule has 0 radical (unpaired) electrons. The van der Waals surface area contributed by atoms with Crippen LogP contribution >= 0.6 is 11.3 Å². The molecule has 1 unspecified atom stereocenters. The van der Waals surface area contributed by atoms with Gasteiger partial charge in [-0.15, -0.1) is 11.3 Å². The van der Waals surface area contributed by atoms with Gasteiger partial charge < -0.3 is 16.0 Å². The van der Waals surface area contributed by atoms with E-state index in [2.05, 4.69) is 22.2 Å². The number of rotatable bonds is 5. The van der Waals surface area contributed by atoms with Crippen molar-refractivity contribution in [2.45, 2.75) is 26.3 Å². The van der Waals surface area contributed by atoms with Gasteiger partial charge in [-0.05, 0) is 60.5 Å². The van der Waals surface area contributed by atoms with Crippen molar-refractivity contribution in [2.24, 2.45) is 5.92 Å². The first-order chi connectivity index (χ1) is 14.5. The Morgan fingerprint density at radius 1 is 1.30 bits per heavy atom. The maximum atomic E-state index is 12.5. The second-order valence-electron chi connectivity index (χ2n) is 7.71. The zero-order valence-electron chi connectivity index (χ0n) is 16.9. The van der Waals surface area contributed by atoms with E-state index < -0.39 is 5.56 Å². The molecule has 156 valence electrons. The van der Waals surface area contributed by atoms with Crippen LogP contribution in [0.25, 0.3) is 10.6 Å². The van der Waals surface area contributed by atoms with E-state index in [1.165, 1.54) is 24.2 Å². The van der Waals surface area contributed by atoms with Gasteiger partial charge >= 0.3 is 0 Å². The van der Waals surface area contributed by atoms with Crippen LogP contribution in [0.2, 0.25) is 0 Å². The van der Waals surface area contributed by atoms with E-state index in [0.717, 1.165) is 28.3 Å². The second-order valence-corrected chi connectivity index (χ2v) is 8.66. The minimum Gasteiger partial charge on any atom is -0.394 e. The van der Waals surface area contributed by atoms with E-state index in [1.807, 2.05) is 41.8 Å². The van der Waals surface area contributed by atoms with Gasteiger partial charge in [0.15, 0.2) is 0 Å². The van der Waals surface area contributed by atoms with E-state index in [9.17, 15) is 9.59 Å². The molecule has 0 aliphatic carbocycles. The van der Waals surface area contributed by atoms with Crippen LogP contribution in [-0.2, 0) is 11.3 Å². The summed E-state index contributed by atoms with van der Waals surface area (Å²) in [5, 5.41) is 9.06. The molecule has 4 rings (SSSR count). The van der Waals surface area contributed by atoms with Crippen molar-refractivity contribution in [1.29, 1.82) is 0 Å². The smallest absolute Gasteiger partial charge is 0.290 e. The van der Waals surface area contributed by atoms with Crippen LogP contribution in [0.1, 0.15) is 19.8 Å². The molecule has 2 aromatic heterocycles. The zero-order valence-corrected chi connectivity index (χ0v) is 17.7. The van der Waals surface area contributed by atoms with E-state index in [0.29, 0.717) is 17.3 Å². The number of nitrogen functional groups attached to an aromatic ring is 1. The van der Waals surface area contributed by atoms with Gasteiger partial charge in [0.2, 0.25) is 5.91 Å². The molecule has 0 saturated carbocycles. The molecule has 3 N–H and O–H groups in total. The summed E-state index contributed by atoms with van der Waals surface area (Å²) in [4.78, 5) is 28.1. The van der Waals surface area contributed by atoms with Crippen molar-refractivity contribution in [1.82, 2.24) is 9.78 Å². The van der Waals surface area contributed by atoms with Gasteiger partial charge in [0.1, 0.15) is 17.9 Å². The number of nitrogens with one attached hydrogen (secondary N) is 1. The van der Waals surface area contributed by atoms with Gasteiger partial charge in [0, 0.05) is 24.5 Å². The number of piperidine rings is 1. The van der Waals surface area contributed by atoms with E-state index >= 15 is 0 Å². The molecular weight excluding hydrogens is 398 g/mol. The lowest BCUT2D eigenvalue weighted by Gasteiger charge is -2.32. The second kappa shape index (κ2) is 8.71. The lowest BCUT2D eigenvalue weighted by molar-refractivity contribution is -0.117. The highest BCUT2D eigenvalue weighted by atomic mass is 32.1. The maximum Gasteiger partial charge on any atom is 0.290 e. The molecule has 0 spiro atoms. The summed E-state index contributed by atoms with van der Waals surface area (Å²) in [5.41, 5.74) is 7.87. The Hall–Kier alpha value is -3.13. The number of hydrogen-bond acceptors (Lipinski definition) is 6. The van der Waals surface area contributed by atoms with Crippen LogP contribution < -0.4 is 21.5 Å². The molecule has 3 aromatic rings. The Morgan fingerprint density at radius 3 is 2.80 bits per heavy atom. The molecule has 1 aromatic carbocycles. The van der Waals surface area contributed by atoms with Gasteiger partial charge in [-0.1, -0.05) is 13.0 Å². The molecule has 3 heterocycles. The summed E-state index contributed by atoms with van der Waals surface area (Å²) in [6.07, 6.45) is 2.48. The molecule has 1 fully saturated rings. The standard InChI is InChI=1S/C22H25N5O2S/c1-15-4-2-10-26(13-15)17-8-6-16(7-9-17)24-21(28)14-27-22(29)18(23)12-19(25-27)20-5-3-11-30-20/h3,5-9,11-12,15H,2,4,10,13-14,23H2,1H3,(H,24,28). The number of benzene rings is 1. The van der Waals surface area contributed by atoms with E-state index in [1.54, 1.807) is 6.07 Å². The highest BCUT2D eigenvalue weighted by molar-refractivity contribution is 7.13. The third-order valence-electron chi connectivity index (χ3n) is 5.24. The summed E-state index contributed by atoms with van der Waals surface area (Å²) in [7, 11) is 0. The van der Waals surface area contributed by atoms with E-state index in [-0.39, 0.29) is 18.1 Å². The number of nitrogens with two attached hydrogens (primary N) is 1. The van der Waals surface area contributed by atoms with Crippen molar-refractivity contribution >= 4 is 34.3 Å². The summed E-state index contributed by atoms with van der Waals surface area (Å²) >= 11 is 1.50. The molecule has 1 aliphatic heterocycles. The van der Waals surface area contributed by atoms with Crippen molar-refractivity contribution in [2.75, 3.05) is 29.0 Å². The van der Waals surface area contributed by atoms with Crippen LogP contribution in [-0.4, -0.2) is 28.8 Å². The summed E-state index contributed by atoms with van der Waals surface area (Å²) in [5.74, 6) is 0.369. The summed E-state index contributed by atoms with van der Waals surface area (Å²) in [6.45, 7) is 4.19. The fourth-order valence-electron chi connectivity index (χ4n) is 3.73. The SMILES string of the molecule is CC1CCCN(c2ccc(NC(=O)Cn3nc(-c4cccs4)cc(N)c3=O)cc2)C1. The molecule has 1 saturated heterocycles. The highest BCUT2D eigenvalue weighted by Crippen LogP contribution is 2.25. The number of amides is 1. The van der Waals surface area contributed by atoms with Gasteiger partial charge in [-0.2, -0.15) is 5.10 Å². The first-order valence-corrected chi connectivity index (χ1v) is 10.9. The molecule has 0 bridgehead atoms. The molecule has 1 aliphatic rings. The fourth-order valence-corrected chi connectivity index (χ4v) is 4.41. The van der Waals surface area contributed by atoms with Gasteiger partial charge in [0.25, 0.3) is 5.56 Å². The van der Waals surface area contributed by atoms with Crippen molar-refractivity contribution < 1.29 is 4.79 Å². The van der Waals surface area contributed by atoms with E-state index in [4.69, 9.17) is 5.73 Å². The molecule has 7 nitrogen and oxygen atoms in total. The summed E-state index contributed by atoms with van der Waals surface area (Å²) in [6, 6.07) is 13.2. The molecule has 1 amide bonds. The van der Waals surface area contributed by atoms with Crippen molar-refractivity contribution in [3.05, 3.63) is 58.2 Å². The number of hydrogen-bond donors (Lipinski definition) is 2. The summed E-state index contributed by atoms with van der Waals surface area (Å²) < 4.78 is 1.11. The van der Waals surface area contributed by atoms with Crippen LogP contribution in [0.5, 0.6) is 0 Å². The molecule has 8 heteroatoms. The van der Waals surface area contributed by atoms with Gasteiger partial charge in [-0.25, -0.2) is 4.68 Å². The average molecular weight is 424 g/mol. The molecule has 30 heavy (non-hydrogen) atoms. The lowest BCUT2D eigenvalue weighted by atomic mass is 10.00. The monoisotopic (exact) mass is 423 g/mol. The molecule has 1 atom stereocenters. The lowest BCUT2D eigenvalue weighted by Crippen LogP contribution is -2.34. The Morgan fingerprint density at radius 2 is 2.10 bits per heavy atom. The molecular formula is C22H25N5O2S. The number of carbonyl (C=O) groups is 1. The van der Waals surface area contributed by atoms with Crippen LogP contribution in [0.4, 0.5) is 17.1 Å². The normalized spacial score (nSPS) is 16.4. The van der Waals surface area contributed by atoms with Crippen LogP contribution in [0.3, 0.4) is 0 Å². The predicted octanol–water partition coefficient (Wildman–Crippen LogP) is 3.43. The van der Waals surface area contributed by atoms with Crippen LogP contribution in [0, 0.1) is 5.92 Å². The first-order valence-electron chi connectivity index (χ1n) is 10.1. The fraction of sp³-hybridized carbons (Fsp3) is 0.318. The third kappa shape index (κ3) is 4.54. The first kappa shape index (κ1) is 20.2. The van der Waals surface area contributed by atoms with Crippen molar-refractivity contribution in [3.63, 3.8) is 0 Å². The zero-order chi connectivity index (χ0) is 21.1. The minimum atomic E-state index is -0.472. The average Bonchev–Trinajstić information content (AvgIpc) is 3.27. The Labute approximate surface area is 179 Å². The quantitative estimate of drug-likeness (QED) is 0.656. The third-order valence-corrected chi connectivity index (χ3v) is 6.13. The number of thiophene rings is 1. The number of aromatic nitrogens is 2. The van der Waals surface area contributed by atoms with Crippen LogP contribution in [0.15, 0.2) is 52.6 Å². The largest absolute Gasteiger partial charge is 0.394 e. The Bertz CT molecular complexity index is 1080. The van der Waals surface area contributed by atoms with Gasteiger partial charge in [0.05, 0.1) is 4.88 Å². The topological polar surface area (TPSA) is 93.2 Å². The number of anilines is 3. The number of nitrogens with zero attached hydrogens (tertiary/aromatic N) is 3. The highest BCUT2D eigenvalue weighted by Gasteiger charge is 2.17. The predicted molar refractivity (Wildman–Crippen MR) is 122 cm³/mol. The maximum absolute atomic E-state index is 12.5. The number of carbonyl (C=O) groups excluding carboxylic acids is 1. The minimum absolute atomic E-state index is 0.0707. The van der Waals surface area contributed by atoms with Crippen molar-refractivity contribution in [3.8, 4) is 10.6 Å². The Kier molecular flexibility index (Phi) is 5.85.